The van der Waals surface area contributed by atoms with Crippen molar-refractivity contribution in [3.8, 4) is 5.75 Å². The number of methoxy groups -OCH3 is 1. The molecule has 0 aliphatic carbocycles. The van der Waals surface area contributed by atoms with E-state index >= 15 is 0 Å². The summed E-state index contributed by atoms with van der Waals surface area (Å²) in [5.74, 6) is 0.873. The van der Waals surface area contributed by atoms with E-state index in [1.165, 1.54) is 0 Å². The molecule has 1 aromatic rings. The Bertz CT molecular complexity index is 248. The Morgan fingerprint density at radius 2 is 1.91 bits per heavy atom. The highest BCUT2D eigenvalue weighted by Crippen LogP contribution is 2.30. The lowest BCUT2D eigenvalue weighted by atomic mass is 10.2. The van der Waals surface area contributed by atoms with Crippen molar-refractivity contribution in [2.75, 3.05) is 7.11 Å². The van der Waals surface area contributed by atoms with Gasteiger partial charge in [0.2, 0.25) is 0 Å². The fraction of sp³-hybridized carbons (Fsp3) is 0.250. The van der Waals surface area contributed by atoms with Crippen molar-refractivity contribution in [3.05, 3.63) is 26.6 Å². The standard InChI is InChI=1S/C8H8Br2O/c1-5-3-6(11-2)4-7(9)8(5)10/h3-4H,1-2H3. The van der Waals surface area contributed by atoms with Crippen LogP contribution < -0.4 is 4.74 Å². The molecule has 0 aliphatic rings. The van der Waals surface area contributed by atoms with Gasteiger partial charge in [-0.3, -0.25) is 0 Å². The molecule has 0 fully saturated rings. The van der Waals surface area contributed by atoms with E-state index in [4.69, 9.17) is 4.74 Å². The minimum atomic E-state index is 0.873. The lowest BCUT2D eigenvalue weighted by molar-refractivity contribution is 0.414. The average molecular weight is 280 g/mol. The van der Waals surface area contributed by atoms with Gasteiger partial charge in [-0.1, -0.05) is 0 Å². The first-order valence-corrected chi connectivity index (χ1v) is 4.73. The number of hydrogen-bond donors (Lipinski definition) is 0. The maximum atomic E-state index is 5.08. The summed E-state index contributed by atoms with van der Waals surface area (Å²) in [4.78, 5) is 0. The minimum Gasteiger partial charge on any atom is -0.497 e. The van der Waals surface area contributed by atoms with Crippen LogP contribution in [0.1, 0.15) is 5.56 Å². The number of aryl methyl sites for hydroxylation is 1. The largest absolute Gasteiger partial charge is 0.497 e. The van der Waals surface area contributed by atoms with E-state index in [1.807, 2.05) is 19.1 Å². The molecule has 0 saturated carbocycles. The Hall–Kier alpha value is -0.0200. The summed E-state index contributed by atoms with van der Waals surface area (Å²) in [5, 5.41) is 0. The number of benzene rings is 1. The SMILES string of the molecule is COc1cc(C)c(Br)c(Br)c1. The van der Waals surface area contributed by atoms with E-state index in [1.54, 1.807) is 7.11 Å². The Balaban J connectivity index is 3.21. The lowest BCUT2D eigenvalue weighted by Crippen LogP contribution is -1.85. The van der Waals surface area contributed by atoms with E-state index in [-0.39, 0.29) is 0 Å². The highest BCUT2D eigenvalue weighted by atomic mass is 79.9. The zero-order valence-corrected chi connectivity index (χ0v) is 9.49. The molecule has 60 valence electrons. The van der Waals surface area contributed by atoms with E-state index < -0.39 is 0 Å². The first-order chi connectivity index (χ1) is 5.15. The Kier molecular flexibility index (Phi) is 2.96. The first-order valence-electron chi connectivity index (χ1n) is 3.15. The second-order valence-electron chi connectivity index (χ2n) is 2.24. The van der Waals surface area contributed by atoms with Crippen LogP contribution in [-0.2, 0) is 0 Å². The summed E-state index contributed by atoms with van der Waals surface area (Å²) in [5.41, 5.74) is 1.16. The number of ether oxygens (including phenoxy) is 1. The molecule has 0 aromatic heterocycles. The molecule has 0 aliphatic heterocycles. The summed E-state index contributed by atoms with van der Waals surface area (Å²) in [6, 6.07) is 3.91. The summed E-state index contributed by atoms with van der Waals surface area (Å²) in [6.07, 6.45) is 0. The first kappa shape index (κ1) is 9.07. The topological polar surface area (TPSA) is 9.23 Å². The van der Waals surface area contributed by atoms with E-state index in [9.17, 15) is 0 Å². The van der Waals surface area contributed by atoms with Gasteiger partial charge in [0.15, 0.2) is 0 Å². The number of halogens is 2. The minimum absolute atomic E-state index is 0.873. The third-order valence-corrected chi connectivity index (χ3v) is 3.63. The van der Waals surface area contributed by atoms with Crippen LogP contribution in [0.25, 0.3) is 0 Å². The van der Waals surface area contributed by atoms with E-state index in [0.29, 0.717) is 0 Å². The predicted octanol–water partition coefficient (Wildman–Crippen LogP) is 3.53. The van der Waals surface area contributed by atoms with Gasteiger partial charge in [0.25, 0.3) is 0 Å². The van der Waals surface area contributed by atoms with Crippen molar-refractivity contribution in [2.24, 2.45) is 0 Å². The van der Waals surface area contributed by atoms with Gasteiger partial charge >= 0.3 is 0 Å². The van der Waals surface area contributed by atoms with Crippen molar-refractivity contribution < 1.29 is 4.74 Å². The molecule has 1 aromatic carbocycles. The molecular weight excluding hydrogens is 272 g/mol. The third kappa shape index (κ3) is 1.97. The second kappa shape index (κ2) is 3.59. The highest BCUT2D eigenvalue weighted by Gasteiger charge is 2.02. The fourth-order valence-electron chi connectivity index (χ4n) is 0.813. The van der Waals surface area contributed by atoms with E-state index in [2.05, 4.69) is 31.9 Å². The molecule has 3 heteroatoms. The normalized spacial score (nSPS) is 9.82. The lowest BCUT2D eigenvalue weighted by Gasteiger charge is -2.04. The Morgan fingerprint density at radius 1 is 1.27 bits per heavy atom. The summed E-state index contributed by atoms with van der Waals surface area (Å²) in [7, 11) is 1.66. The van der Waals surface area contributed by atoms with Gasteiger partial charge in [-0.05, 0) is 56.5 Å². The summed E-state index contributed by atoms with van der Waals surface area (Å²) in [6.45, 7) is 2.03. The van der Waals surface area contributed by atoms with Crippen molar-refractivity contribution >= 4 is 31.9 Å². The van der Waals surface area contributed by atoms with Gasteiger partial charge in [0.05, 0.1) is 7.11 Å². The molecule has 0 bridgehead atoms. The predicted molar refractivity (Wildman–Crippen MR) is 53.1 cm³/mol. The summed E-state index contributed by atoms with van der Waals surface area (Å²) >= 11 is 6.85. The highest BCUT2D eigenvalue weighted by molar-refractivity contribution is 9.13. The van der Waals surface area contributed by atoms with Gasteiger partial charge in [0.1, 0.15) is 5.75 Å². The van der Waals surface area contributed by atoms with Crippen molar-refractivity contribution in [1.82, 2.24) is 0 Å². The molecule has 1 rings (SSSR count). The smallest absolute Gasteiger partial charge is 0.120 e. The third-order valence-electron chi connectivity index (χ3n) is 1.42. The zero-order valence-electron chi connectivity index (χ0n) is 6.32. The maximum Gasteiger partial charge on any atom is 0.120 e. The van der Waals surface area contributed by atoms with Crippen LogP contribution in [0.15, 0.2) is 21.1 Å². The fourth-order valence-corrected chi connectivity index (χ4v) is 1.58. The molecule has 0 spiro atoms. The van der Waals surface area contributed by atoms with Gasteiger partial charge in [-0.2, -0.15) is 0 Å². The molecule has 0 radical (unpaired) electrons. The molecule has 0 atom stereocenters. The maximum absolute atomic E-state index is 5.08. The number of rotatable bonds is 1. The molecule has 0 N–H and O–H groups in total. The molecule has 1 nitrogen and oxygen atoms in total. The van der Waals surface area contributed by atoms with Crippen molar-refractivity contribution in [3.63, 3.8) is 0 Å². The van der Waals surface area contributed by atoms with Gasteiger partial charge in [-0.25, -0.2) is 0 Å². The van der Waals surface area contributed by atoms with E-state index in [0.717, 1.165) is 20.3 Å². The molecule has 0 amide bonds. The Labute approximate surface area is 83.0 Å². The van der Waals surface area contributed by atoms with Crippen LogP contribution in [0.3, 0.4) is 0 Å². The monoisotopic (exact) mass is 278 g/mol. The molecule has 0 heterocycles. The second-order valence-corrected chi connectivity index (χ2v) is 3.89. The molecular formula is C8H8Br2O. The van der Waals surface area contributed by atoms with Crippen molar-refractivity contribution in [1.29, 1.82) is 0 Å². The van der Waals surface area contributed by atoms with Gasteiger partial charge in [0, 0.05) is 8.95 Å². The Morgan fingerprint density at radius 3 is 2.36 bits per heavy atom. The molecule has 11 heavy (non-hydrogen) atoms. The van der Waals surface area contributed by atoms with Crippen LogP contribution in [-0.4, -0.2) is 7.11 Å². The van der Waals surface area contributed by atoms with Crippen molar-refractivity contribution in [2.45, 2.75) is 6.92 Å². The molecule has 0 saturated heterocycles. The average Bonchev–Trinajstić information content (AvgIpc) is 1.99. The quantitative estimate of drug-likeness (QED) is 0.764. The van der Waals surface area contributed by atoms with Crippen LogP contribution in [0, 0.1) is 6.92 Å². The zero-order chi connectivity index (χ0) is 8.43. The summed E-state index contributed by atoms with van der Waals surface area (Å²) < 4.78 is 7.18. The molecule has 0 unspecified atom stereocenters. The van der Waals surface area contributed by atoms with Crippen LogP contribution in [0.4, 0.5) is 0 Å². The van der Waals surface area contributed by atoms with Gasteiger partial charge < -0.3 is 4.74 Å². The van der Waals surface area contributed by atoms with Crippen LogP contribution in [0.5, 0.6) is 5.75 Å². The van der Waals surface area contributed by atoms with Crippen LogP contribution >= 0.6 is 31.9 Å². The number of hydrogen-bond acceptors (Lipinski definition) is 1. The van der Waals surface area contributed by atoms with Crippen LogP contribution in [0.2, 0.25) is 0 Å². The van der Waals surface area contributed by atoms with Gasteiger partial charge in [-0.15, -0.1) is 0 Å².